The third-order valence-corrected chi connectivity index (χ3v) is 4.26. The summed E-state index contributed by atoms with van der Waals surface area (Å²) in [6, 6.07) is 6.64. The van der Waals surface area contributed by atoms with Crippen LogP contribution in [0.4, 0.5) is 10.5 Å². The zero-order chi connectivity index (χ0) is 17.7. The van der Waals surface area contributed by atoms with Crippen LogP contribution in [0.5, 0.6) is 0 Å². The maximum Gasteiger partial charge on any atom is 0.319 e. The van der Waals surface area contributed by atoms with Gasteiger partial charge in [0.25, 0.3) is 5.91 Å². The van der Waals surface area contributed by atoms with Crippen molar-refractivity contribution in [1.82, 2.24) is 10.2 Å². The van der Waals surface area contributed by atoms with Crippen LogP contribution in [-0.4, -0.2) is 47.7 Å². The summed E-state index contributed by atoms with van der Waals surface area (Å²) in [6.45, 7) is 4.31. The highest BCUT2D eigenvalue weighted by Gasteiger charge is 2.27. The average molecular weight is 333 g/mol. The molecule has 0 aromatic heterocycles. The number of carbonyl (C=O) groups is 2. The van der Waals surface area contributed by atoms with Crippen molar-refractivity contribution in [2.75, 3.05) is 18.9 Å². The van der Waals surface area contributed by atoms with Crippen LogP contribution in [0.1, 0.15) is 43.5 Å². The number of urea groups is 1. The molecule has 3 amide bonds. The molecular formula is C18H27N3O3. The van der Waals surface area contributed by atoms with E-state index < -0.39 is 0 Å². The molecule has 0 spiro atoms. The Balaban J connectivity index is 1.98. The molecule has 2 rings (SSSR count). The number of amides is 3. The van der Waals surface area contributed by atoms with Gasteiger partial charge in [0.1, 0.15) is 0 Å². The van der Waals surface area contributed by atoms with Gasteiger partial charge >= 0.3 is 6.03 Å². The van der Waals surface area contributed by atoms with Crippen molar-refractivity contribution < 1.29 is 14.7 Å². The second-order valence-electron chi connectivity index (χ2n) is 6.78. The number of aliphatic hydroxyl groups is 1. The predicted octanol–water partition coefficient (Wildman–Crippen LogP) is 2.45. The van der Waals surface area contributed by atoms with Gasteiger partial charge in [-0.3, -0.25) is 4.79 Å². The van der Waals surface area contributed by atoms with E-state index in [4.69, 9.17) is 0 Å². The monoisotopic (exact) mass is 333 g/mol. The van der Waals surface area contributed by atoms with E-state index in [-0.39, 0.29) is 30.0 Å². The molecule has 132 valence electrons. The molecule has 1 aromatic carbocycles. The summed E-state index contributed by atoms with van der Waals surface area (Å²) in [7, 11) is 1.75. The number of hydrogen-bond donors (Lipinski definition) is 3. The smallest absolute Gasteiger partial charge is 0.319 e. The Morgan fingerprint density at radius 2 is 2.08 bits per heavy atom. The van der Waals surface area contributed by atoms with Crippen LogP contribution in [0.25, 0.3) is 0 Å². The molecule has 6 nitrogen and oxygen atoms in total. The van der Waals surface area contributed by atoms with Crippen LogP contribution >= 0.6 is 0 Å². The molecule has 0 saturated heterocycles. The minimum absolute atomic E-state index is 0.0405. The van der Waals surface area contributed by atoms with Gasteiger partial charge in [0.05, 0.1) is 6.10 Å². The molecule has 24 heavy (non-hydrogen) atoms. The van der Waals surface area contributed by atoms with Gasteiger partial charge in [-0.05, 0) is 44.9 Å². The van der Waals surface area contributed by atoms with E-state index >= 15 is 0 Å². The summed E-state index contributed by atoms with van der Waals surface area (Å²) in [5.74, 6) is 0.0408. The van der Waals surface area contributed by atoms with Crippen LogP contribution in [0.15, 0.2) is 24.3 Å². The zero-order valence-corrected chi connectivity index (χ0v) is 14.6. The van der Waals surface area contributed by atoms with Gasteiger partial charge in [0, 0.05) is 36.8 Å². The molecule has 0 radical (unpaired) electrons. The molecule has 1 saturated carbocycles. The largest absolute Gasteiger partial charge is 0.393 e. The Morgan fingerprint density at radius 3 is 2.71 bits per heavy atom. The second-order valence-corrected chi connectivity index (χ2v) is 6.78. The number of hydrogen-bond acceptors (Lipinski definition) is 3. The van der Waals surface area contributed by atoms with E-state index in [2.05, 4.69) is 10.6 Å². The fraction of sp³-hybridized carbons (Fsp3) is 0.556. The quantitative estimate of drug-likeness (QED) is 0.774. The second kappa shape index (κ2) is 8.15. The Hall–Kier alpha value is -2.08. The van der Waals surface area contributed by atoms with Gasteiger partial charge in [-0.25, -0.2) is 4.79 Å². The normalized spacial score (nSPS) is 20.0. The van der Waals surface area contributed by atoms with Gasteiger partial charge in [-0.1, -0.05) is 12.5 Å². The predicted molar refractivity (Wildman–Crippen MR) is 94.0 cm³/mol. The average Bonchev–Trinajstić information content (AvgIpc) is 2.91. The number of aliphatic hydroxyl groups excluding tert-OH is 1. The first kappa shape index (κ1) is 18.3. The fourth-order valence-corrected chi connectivity index (χ4v) is 3.04. The van der Waals surface area contributed by atoms with E-state index in [1.54, 1.807) is 36.2 Å². The van der Waals surface area contributed by atoms with E-state index in [9.17, 15) is 14.7 Å². The molecule has 3 N–H and O–H groups in total. The lowest BCUT2D eigenvalue weighted by molar-refractivity contribution is 0.0693. The Kier molecular flexibility index (Phi) is 6.20. The Morgan fingerprint density at radius 1 is 1.33 bits per heavy atom. The van der Waals surface area contributed by atoms with Crippen molar-refractivity contribution in [3.05, 3.63) is 29.8 Å². The van der Waals surface area contributed by atoms with Crippen molar-refractivity contribution in [3.8, 4) is 0 Å². The van der Waals surface area contributed by atoms with Crippen LogP contribution in [0.3, 0.4) is 0 Å². The third-order valence-electron chi connectivity index (χ3n) is 4.26. The van der Waals surface area contributed by atoms with Gasteiger partial charge in [0.15, 0.2) is 0 Å². The topological polar surface area (TPSA) is 81.7 Å². The van der Waals surface area contributed by atoms with Crippen molar-refractivity contribution in [3.63, 3.8) is 0 Å². The number of anilines is 1. The summed E-state index contributed by atoms with van der Waals surface area (Å²) < 4.78 is 0. The van der Waals surface area contributed by atoms with Crippen LogP contribution in [0.2, 0.25) is 0 Å². The SMILES string of the molecule is CC(C)NC(=O)Nc1cccc(C(=O)N(C)C[C@@H]2CCC[C@H]2O)c1. The molecule has 2 atom stereocenters. The van der Waals surface area contributed by atoms with Crippen molar-refractivity contribution in [1.29, 1.82) is 0 Å². The number of nitrogens with zero attached hydrogens (tertiary/aromatic N) is 1. The molecular weight excluding hydrogens is 306 g/mol. The molecule has 0 unspecified atom stereocenters. The van der Waals surface area contributed by atoms with Gasteiger partial charge in [0.2, 0.25) is 0 Å². The van der Waals surface area contributed by atoms with Crippen molar-refractivity contribution >= 4 is 17.6 Å². The number of nitrogens with one attached hydrogen (secondary N) is 2. The Bertz CT molecular complexity index is 589. The van der Waals surface area contributed by atoms with Crippen LogP contribution in [0, 0.1) is 5.92 Å². The highest BCUT2D eigenvalue weighted by Crippen LogP contribution is 2.26. The molecule has 0 bridgehead atoms. The summed E-state index contributed by atoms with van der Waals surface area (Å²) >= 11 is 0. The molecule has 1 aliphatic rings. The standard InChI is InChI=1S/C18H27N3O3/c1-12(2)19-18(24)20-15-8-4-6-13(10-15)17(23)21(3)11-14-7-5-9-16(14)22/h4,6,8,10,12,14,16,22H,5,7,9,11H2,1-3H3,(H2,19,20,24)/t14-,16+/m0/s1. The number of benzene rings is 1. The highest BCUT2D eigenvalue weighted by atomic mass is 16.3. The van der Waals surface area contributed by atoms with Crippen LogP contribution < -0.4 is 10.6 Å². The minimum Gasteiger partial charge on any atom is -0.393 e. The highest BCUT2D eigenvalue weighted by molar-refractivity contribution is 5.96. The maximum absolute atomic E-state index is 12.6. The number of carbonyl (C=O) groups excluding carboxylic acids is 2. The van der Waals surface area contributed by atoms with E-state index in [0.717, 1.165) is 19.3 Å². The molecule has 1 aromatic rings. The lowest BCUT2D eigenvalue weighted by Gasteiger charge is -2.23. The maximum atomic E-state index is 12.6. The lowest BCUT2D eigenvalue weighted by atomic mass is 10.1. The first-order valence-electron chi connectivity index (χ1n) is 8.48. The molecule has 6 heteroatoms. The lowest BCUT2D eigenvalue weighted by Crippen LogP contribution is -2.35. The number of rotatable bonds is 5. The summed E-state index contributed by atoms with van der Waals surface area (Å²) in [4.78, 5) is 26.0. The fourth-order valence-electron chi connectivity index (χ4n) is 3.04. The molecule has 1 fully saturated rings. The van der Waals surface area contributed by atoms with Gasteiger partial charge in [-0.2, -0.15) is 0 Å². The van der Waals surface area contributed by atoms with E-state index in [1.165, 1.54) is 0 Å². The summed E-state index contributed by atoms with van der Waals surface area (Å²) in [5.41, 5.74) is 1.10. The van der Waals surface area contributed by atoms with Gasteiger partial charge in [-0.15, -0.1) is 0 Å². The Labute approximate surface area is 143 Å². The zero-order valence-electron chi connectivity index (χ0n) is 14.6. The first-order chi connectivity index (χ1) is 11.4. The molecule has 0 aliphatic heterocycles. The van der Waals surface area contributed by atoms with Crippen LogP contribution in [-0.2, 0) is 0 Å². The van der Waals surface area contributed by atoms with Crippen molar-refractivity contribution in [2.24, 2.45) is 5.92 Å². The molecule has 1 aliphatic carbocycles. The van der Waals surface area contributed by atoms with E-state index in [0.29, 0.717) is 17.8 Å². The summed E-state index contributed by atoms with van der Waals surface area (Å²) in [6.07, 6.45) is 2.47. The van der Waals surface area contributed by atoms with Crippen molar-refractivity contribution in [2.45, 2.75) is 45.3 Å². The summed E-state index contributed by atoms with van der Waals surface area (Å²) in [5, 5.41) is 15.4. The molecule has 0 heterocycles. The van der Waals surface area contributed by atoms with E-state index in [1.807, 2.05) is 13.8 Å². The third kappa shape index (κ3) is 4.96. The van der Waals surface area contributed by atoms with Gasteiger partial charge < -0.3 is 20.6 Å². The first-order valence-corrected chi connectivity index (χ1v) is 8.48. The minimum atomic E-state index is -0.312.